The van der Waals surface area contributed by atoms with Crippen LogP contribution in [0.4, 0.5) is 0 Å². The molecule has 2 amide bonds. The lowest BCUT2D eigenvalue weighted by atomic mass is 9.77. The van der Waals surface area contributed by atoms with Crippen LogP contribution in [0.25, 0.3) is 0 Å². The Bertz CT molecular complexity index is 1010. The van der Waals surface area contributed by atoms with Crippen LogP contribution in [0.1, 0.15) is 78.4 Å². The van der Waals surface area contributed by atoms with Crippen molar-refractivity contribution in [1.82, 2.24) is 10.2 Å². The predicted molar refractivity (Wildman–Crippen MR) is 130 cm³/mol. The summed E-state index contributed by atoms with van der Waals surface area (Å²) in [5, 5.41) is 3.17. The van der Waals surface area contributed by atoms with Crippen LogP contribution in [0.5, 0.6) is 5.75 Å². The average molecular weight is 463 g/mol. The quantitative estimate of drug-likeness (QED) is 0.681. The molecule has 3 aliphatic rings. The number of nitrogens with zero attached hydrogens (tertiary/aromatic N) is 1. The second kappa shape index (κ2) is 10.2. The van der Waals surface area contributed by atoms with Gasteiger partial charge >= 0.3 is 0 Å². The minimum Gasteiger partial charge on any atom is -0.497 e. The third kappa shape index (κ3) is 4.43. The summed E-state index contributed by atoms with van der Waals surface area (Å²) in [5.41, 5.74) is 2.42. The van der Waals surface area contributed by atoms with Gasteiger partial charge in [0.05, 0.1) is 25.2 Å². The maximum absolute atomic E-state index is 13.9. The Morgan fingerprint density at radius 2 is 1.79 bits per heavy atom. The number of carbonyl (C=O) groups excluding carboxylic acids is 2. The zero-order chi connectivity index (χ0) is 23.5. The third-order valence-corrected chi connectivity index (χ3v) is 7.61. The van der Waals surface area contributed by atoms with E-state index < -0.39 is 5.92 Å². The van der Waals surface area contributed by atoms with E-state index in [0.717, 1.165) is 62.0 Å². The molecule has 5 rings (SSSR count). The smallest absolute Gasteiger partial charge is 0.254 e. The lowest BCUT2D eigenvalue weighted by Gasteiger charge is -2.46. The molecule has 1 aliphatic carbocycles. The molecule has 1 saturated carbocycles. The van der Waals surface area contributed by atoms with Crippen LogP contribution in [0.2, 0.25) is 0 Å². The molecule has 6 nitrogen and oxygen atoms in total. The molecule has 2 aliphatic heterocycles. The molecular weight excluding hydrogens is 428 g/mol. The number of benzene rings is 2. The summed E-state index contributed by atoms with van der Waals surface area (Å²) >= 11 is 0. The second-order valence-electron chi connectivity index (χ2n) is 9.67. The Morgan fingerprint density at radius 1 is 1.03 bits per heavy atom. The highest BCUT2D eigenvalue weighted by Crippen LogP contribution is 2.46. The van der Waals surface area contributed by atoms with Gasteiger partial charge in [0.1, 0.15) is 5.75 Å². The van der Waals surface area contributed by atoms with Gasteiger partial charge in [-0.15, -0.1) is 0 Å². The first-order valence-corrected chi connectivity index (χ1v) is 12.6. The van der Waals surface area contributed by atoms with Crippen LogP contribution in [0.3, 0.4) is 0 Å². The van der Waals surface area contributed by atoms with Gasteiger partial charge in [-0.25, -0.2) is 0 Å². The molecule has 2 fully saturated rings. The topological polar surface area (TPSA) is 67.9 Å². The van der Waals surface area contributed by atoms with Gasteiger partial charge in [-0.3, -0.25) is 9.59 Å². The fraction of sp³-hybridized carbons (Fsp3) is 0.500. The molecule has 0 radical (unpaired) electrons. The van der Waals surface area contributed by atoms with Crippen molar-refractivity contribution in [3.8, 4) is 5.75 Å². The Labute approximate surface area is 201 Å². The number of methoxy groups -OCH3 is 1. The lowest BCUT2D eigenvalue weighted by Crippen LogP contribution is -2.52. The first kappa shape index (κ1) is 22.9. The van der Waals surface area contributed by atoms with Gasteiger partial charge in [0.25, 0.3) is 5.91 Å². The molecular formula is C28H34N2O4. The van der Waals surface area contributed by atoms with E-state index in [9.17, 15) is 9.59 Å². The van der Waals surface area contributed by atoms with Crippen molar-refractivity contribution in [2.24, 2.45) is 0 Å². The number of carbonyl (C=O) groups is 2. The molecule has 2 aromatic rings. The molecule has 2 heterocycles. The van der Waals surface area contributed by atoms with E-state index in [0.29, 0.717) is 12.1 Å². The van der Waals surface area contributed by atoms with Crippen LogP contribution in [0, 0.1) is 0 Å². The first-order valence-electron chi connectivity index (χ1n) is 12.6. The Morgan fingerprint density at radius 3 is 2.50 bits per heavy atom. The summed E-state index contributed by atoms with van der Waals surface area (Å²) in [6.07, 6.45) is 7.45. The van der Waals surface area contributed by atoms with Gasteiger partial charge in [0.15, 0.2) is 0 Å². The zero-order valence-corrected chi connectivity index (χ0v) is 19.9. The van der Waals surface area contributed by atoms with Crippen molar-refractivity contribution >= 4 is 11.8 Å². The molecule has 2 aromatic carbocycles. The van der Waals surface area contributed by atoms with Gasteiger partial charge in [-0.1, -0.05) is 49.6 Å². The summed E-state index contributed by atoms with van der Waals surface area (Å²) in [6, 6.07) is 15.2. The molecule has 0 aromatic heterocycles. The normalized spacial score (nSPS) is 25.1. The molecule has 6 heteroatoms. The van der Waals surface area contributed by atoms with E-state index in [1.165, 1.54) is 6.42 Å². The first-order chi connectivity index (χ1) is 16.7. The van der Waals surface area contributed by atoms with Gasteiger partial charge in [0.2, 0.25) is 5.91 Å². The third-order valence-electron chi connectivity index (χ3n) is 7.61. The van der Waals surface area contributed by atoms with Crippen LogP contribution >= 0.6 is 0 Å². The van der Waals surface area contributed by atoms with E-state index in [4.69, 9.17) is 9.47 Å². The SMILES string of the molecule is COc1ccc([C@@H]2[C@H](C(=O)NC[C@H]3CCCO3)c3ccccc3C(=O)N2C2CCCCC2)cc1. The molecule has 3 atom stereocenters. The van der Waals surface area contributed by atoms with E-state index in [1.54, 1.807) is 7.11 Å². The van der Waals surface area contributed by atoms with E-state index in [1.807, 2.05) is 53.4 Å². The number of hydrogen-bond acceptors (Lipinski definition) is 4. The van der Waals surface area contributed by atoms with Crippen molar-refractivity contribution in [1.29, 1.82) is 0 Å². The van der Waals surface area contributed by atoms with E-state index >= 15 is 0 Å². The molecule has 0 bridgehead atoms. The summed E-state index contributed by atoms with van der Waals surface area (Å²) in [5.74, 6) is 0.268. The minimum atomic E-state index is -0.481. The standard InChI is InChI=1S/C28H34N2O4/c1-33-21-15-13-19(14-16-21)26-25(27(31)29-18-22-10-7-17-34-22)23-11-5-6-12-24(23)28(32)30(26)20-8-3-2-4-9-20/h5-6,11-16,20,22,25-26H,2-4,7-10,17-18H2,1H3,(H,29,31)/t22-,25-,26-/m1/s1. The fourth-order valence-corrected chi connectivity index (χ4v) is 5.88. The van der Waals surface area contributed by atoms with Crippen LogP contribution in [-0.4, -0.2) is 49.1 Å². The number of rotatable bonds is 6. The molecule has 0 unspecified atom stereocenters. The van der Waals surface area contributed by atoms with Crippen LogP contribution < -0.4 is 10.1 Å². The van der Waals surface area contributed by atoms with Gasteiger partial charge < -0.3 is 19.7 Å². The maximum atomic E-state index is 13.9. The molecule has 1 saturated heterocycles. The van der Waals surface area contributed by atoms with Crippen molar-refractivity contribution in [3.05, 3.63) is 65.2 Å². The number of hydrogen-bond donors (Lipinski definition) is 1. The largest absolute Gasteiger partial charge is 0.497 e. The van der Waals surface area contributed by atoms with E-state index in [2.05, 4.69) is 5.32 Å². The maximum Gasteiger partial charge on any atom is 0.254 e. The highest BCUT2D eigenvalue weighted by Gasteiger charge is 2.46. The van der Waals surface area contributed by atoms with Crippen molar-refractivity contribution in [2.45, 2.75) is 69.1 Å². The van der Waals surface area contributed by atoms with Crippen molar-refractivity contribution < 1.29 is 19.1 Å². The summed E-state index contributed by atoms with van der Waals surface area (Å²) < 4.78 is 11.1. The Kier molecular flexibility index (Phi) is 6.86. The Hall–Kier alpha value is -2.86. The van der Waals surface area contributed by atoms with Crippen molar-refractivity contribution in [3.63, 3.8) is 0 Å². The minimum absolute atomic E-state index is 0.0338. The van der Waals surface area contributed by atoms with Crippen LogP contribution in [0.15, 0.2) is 48.5 Å². The number of nitrogens with one attached hydrogen (secondary N) is 1. The summed E-state index contributed by atoms with van der Waals surface area (Å²) in [6.45, 7) is 1.26. The van der Waals surface area contributed by atoms with Crippen LogP contribution in [-0.2, 0) is 9.53 Å². The highest BCUT2D eigenvalue weighted by molar-refractivity contribution is 6.01. The predicted octanol–water partition coefficient (Wildman–Crippen LogP) is 4.60. The average Bonchev–Trinajstić information content (AvgIpc) is 3.41. The van der Waals surface area contributed by atoms with Gasteiger partial charge in [-0.05, 0) is 55.0 Å². The summed E-state index contributed by atoms with van der Waals surface area (Å²) in [7, 11) is 1.64. The fourth-order valence-electron chi connectivity index (χ4n) is 5.88. The molecule has 1 N–H and O–H groups in total. The highest BCUT2D eigenvalue weighted by atomic mass is 16.5. The Balaban J connectivity index is 1.56. The van der Waals surface area contributed by atoms with Gasteiger partial charge in [-0.2, -0.15) is 0 Å². The zero-order valence-electron chi connectivity index (χ0n) is 19.9. The second-order valence-corrected chi connectivity index (χ2v) is 9.67. The van der Waals surface area contributed by atoms with Gasteiger partial charge in [0, 0.05) is 24.8 Å². The molecule has 180 valence electrons. The lowest BCUT2D eigenvalue weighted by molar-refractivity contribution is -0.125. The molecule has 34 heavy (non-hydrogen) atoms. The van der Waals surface area contributed by atoms with Crippen molar-refractivity contribution in [2.75, 3.05) is 20.3 Å². The monoisotopic (exact) mass is 462 g/mol. The summed E-state index contributed by atoms with van der Waals surface area (Å²) in [4.78, 5) is 29.8. The van der Waals surface area contributed by atoms with E-state index in [-0.39, 0.29) is 30.0 Å². The number of fused-ring (bicyclic) bond motifs is 1. The number of amides is 2. The molecule has 0 spiro atoms. The number of ether oxygens (including phenoxy) is 2.